The number of hydrogen-bond acceptors (Lipinski definition) is 4. The largest absolute Gasteiger partial charge is 0.480 e. The van der Waals surface area contributed by atoms with Gasteiger partial charge in [0.05, 0.1) is 0 Å². The molecule has 1 saturated heterocycles. The van der Waals surface area contributed by atoms with Crippen molar-refractivity contribution in [3.8, 4) is 0 Å². The summed E-state index contributed by atoms with van der Waals surface area (Å²) >= 11 is 0. The minimum absolute atomic E-state index is 0.204. The molecule has 0 saturated carbocycles. The fourth-order valence-corrected chi connectivity index (χ4v) is 2.43. The minimum Gasteiger partial charge on any atom is -0.480 e. The van der Waals surface area contributed by atoms with Crippen LogP contribution in [0.5, 0.6) is 0 Å². The summed E-state index contributed by atoms with van der Waals surface area (Å²) in [5, 5.41) is 16.1. The predicted octanol–water partition coefficient (Wildman–Crippen LogP) is -0.807. The Morgan fingerprint density at radius 1 is 1.25 bits per heavy atom. The highest BCUT2D eigenvalue weighted by atomic mass is 16.4. The molecular weight excluding hydrogens is 314 g/mol. The van der Waals surface area contributed by atoms with Crippen LogP contribution in [0.2, 0.25) is 0 Å². The van der Waals surface area contributed by atoms with Crippen LogP contribution in [0.4, 0.5) is 0 Å². The molecule has 0 radical (unpaired) electrons. The molecule has 0 aromatic heterocycles. The first-order chi connectivity index (χ1) is 11.5. The minimum atomic E-state index is -1.17. The van der Waals surface area contributed by atoms with Gasteiger partial charge < -0.3 is 21.1 Å². The molecule has 1 aliphatic rings. The van der Waals surface area contributed by atoms with Crippen LogP contribution in [0.1, 0.15) is 18.4 Å². The van der Waals surface area contributed by atoms with Crippen LogP contribution in [0, 0.1) is 0 Å². The number of nitrogens with one attached hydrogen (secondary N) is 3. The molecule has 1 aliphatic heterocycles. The van der Waals surface area contributed by atoms with Gasteiger partial charge in [0.2, 0.25) is 17.7 Å². The third-order valence-electron chi connectivity index (χ3n) is 3.64. The molecule has 0 spiro atoms. The summed E-state index contributed by atoms with van der Waals surface area (Å²) in [6.07, 6.45) is 0.866. The molecule has 24 heavy (non-hydrogen) atoms. The molecule has 1 heterocycles. The van der Waals surface area contributed by atoms with E-state index in [9.17, 15) is 19.2 Å². The van der Waals surface area contributed by atoms with Gasteiger partial charge in [-0.1, -0.05) is 30.3 Å². The first kappa shape index (κ1) is 17.5. The number of carbonyl (C=O) groups excluding carboxylic acids is 3. The number of hydrogen-bond donors (Lipinski definition) is 4. The Morgan fingerprint density at radius 3 is 2.54 bits per heavy atom. The van der Waals surface area contributed by atoms with Crippen molar-refractivity contribution in [1.29, 1.82) is 0 Å². The number of benzene rings is 1. The van der Waals surface area contributed by atoms with Gasteiger partial charge in [0, 0.05) is 12.8 Å². The first-order valence-electron chi connectivity index (χ1n) is 7.59. The third kappa shape index (κ3) is 5.08. The van der Waals surface area contributed by atoms with Gasteiger partial charge in [-0.05, 0) is 12.0 Å². The van der Waals surface area contributed by atoms with Crippen molar-refractivity contribution in [3.63, 3.8) is 0 Å². The Bertz CT molecular complexity index is 632. The number of amides is 3. The molecule has 4 N–H and O–H groups in total. The third-order valence-corrected chi connectivity index (χ3v) is 3.64. The number of carboxylic acids is 1. The van der Waals surface area contributed by atoms with E-state index in [0.717, 1.165) is 5.56 Å². The van der Waals surface area contributed by atoms with E-state index in [1.807, 2.05) is 6.07 Å². The molecule has 8 nitrogen and oxygen atoms in total. The molecular formula is C16H19N3O5. The SMILES string of the molecule is O=C(O)CNC(=O)[C@H](Cc1ccccc1)NC(=O)[C@@H]1CCC(=O)N1. The summed E-state index contributed by atoms with van der Waals surface area (Å²) in [6.45, 7) is -0.528. The molecule has 2 rings (SSSR count). The van der Waals surface area contributed by atoms with E-state index in [1.54, 1.807) is 24.3 Å². The molecule has 1 aromatic carbocycles. The Kier molecular flexibility index (Phi) is 5.89. The van der Waals surface area contributed by atoms with Gasteiger partial charge in [0.1, 0.15) is 18.6 Å². The van der Waals surface area contributed by atoms with Crippen molar-refractivity contribution in [1.82, 2.24) is 16.0 Å². The zero-order chi connectivity index (χ0) is 17.5. The summed E-state index contributed by atoms with van der Waals surface area (Å²) in [5.41, 5.74) is 0.823. The summed E-state index contributed by atoms with van der Waals surface area (Å²) < 4.78 is 0. The van der Waals surface area contributed by atoms with E-state index in [2.05, 4.69) is 16.0 Å². The molecule has 128 valence electrons. The van der Waals surface area contributed by atoms with Gasteiger partial charge >= 0.3 is 5.97 Å². The standard InChI is InChI=1S/C16H19N3O5/c20-13-7-6-11(18-13)16(24)19-12(15(23)17-9-14(21)22)8-10-4-2-1-3-5-10/h1-5,11-12H,6-9H2,(H,17,23)(H,18,20)(H,19,24)(H,21,22)/t11-,12-/m0/s1. The quantitative estimate of drug-likeness (QED) is 0.520. The fraction of sp³-hybridized carbons (Fsp3) is 0.375. The molecule has 1 aromatic rings. The lowest BCUT2D eigenvalue weighted by Crippen LogP contribution is -2.53. The van der Waals surface area contributed by atoms with Crippen molar-refractivity contribution < 1.29 is 24.3 Å². The van der Waals surface area contributed by atoms with Crippen LogP contribution in [0.25, 0.3) is 0 Å². The predicted molar refractivity (Wildman–Crippen MR) is 83.9 cm³/mol. The van der Waals surface area contributed by atoms with Gasteiger partial charge in [0.15, 0.2) is 0 Å². The maximum atomic E-state index is 12.2. The highest BCUT2D eigenvalue weighted by molar-refractivity contribution is 5.94. The van der Waals surface area contributed by atoms with E-state index in [4.69, 9.17) is 5.11 Å². The van der Waals surface area contributed by atoms with Crippen LogP contribution in [0.15, 0.2) is 30.3 Å². The smallest absolute Gasteiger partial charge is 0.322 e. The van der Waals surface area contributed by atoms with Gasteiger partial charge in [-0.2, -0.15) is 0 Å². The average Bonchev–Trinajstić information content (AvgIpc) is 2.99. The molecule has 2 atom stereocenters. The van der Waals surface area contributed by atoms with Gasteiger partial charge in [-0.25, -0.2) is 0 Å². The van der Waals surface area contributed by atoms with E-state index in [0.29, 0.717) is 6.42 Å². The van der Waals surface area contributed by atoms with Crippen molar-refractivity contribution in [3.05, 3.63) is 35.9 Å². The van der Waals surface area contributed by atoms with Crippen LogP contribution in [-0.2, 0) is 25.6 Å². The lowest BCUT2D eigenvalue weighted by molar-refractivity contribution is -0.138. The average molecular weight is 333 g/mol. The second kappa shape index (κ2) is 8.09. The van der Waals surface area contributed by atoms with Gasteiger partial charge in [0.25, 0.3) is 0 Å². The monoisotopic (exact) mass is 333 g/mol. The highest BCUT2D eigenvalue weighted by Crippen LogP contribution is 2.08. The number of carboxylic acid groups (broad SMARTS) is 1. The molecule has 0 aliphatic carbocycles. The lowest BCUT2D eigenvalue weighted by atomic mass is 10.0. The Balaban J connectivity index is 2.03. The second-order valence-electron chi connectivity index (χ2n) is 5.52. The summed E-state index contributed by atoms with van der Waals surface area (Å²) in [7, 11) is 0. The van der Waals surface area contributed by atoms with Crippen molar-refractivity contribution >= 4 is 23.7 Å². The molecule has 3 amide bonds. The van der Waals surface area contributed by atoms with Crippen molar-refractivity contribution in [2.45, 2.75) is 31.3 Å². The van der Waals surface area contributed by atoms with E-state index in [-0.39, 0.29) is 18.7 Å². The van der Waals surface area contributed by atoms with Crippen molar-refractivity contribution in [2.75, 3.05) is 6.54 Å². The zero-order valence-corrected chi connectivity index (χ0v) is 13.0. The van der Waals surface area contributed by atoms with Crippen LogP contribution < -0.4 is 16.0 Å². The van der Waals surface area contributed by atoms with E-state index >= 15 is 0 Å². The van der Waals surface area contributed by atoms with Crippen molar-refractivity contribution in [2.24, 2.45) is 0 Å². The Hall–Kier alpha value is -2.90. The van der Waals surface area contributed by atoms with Crippen LogP contribution >= 0.6 is 0 Å². The van der Waals surface area contributed by atoms with E-state index < -0.39 is 36.4 Å². The maximum absolute atomic E-state index is 12.2. The normalized spacial score (nSPS) is 17.7. The zero-order valence-electron chi connectivity index (χ0n) is 13.0. The maximum Gasteiger partial charge on any atom is 0.322 e. The van der Waals surface area contributed by atoms with Crippen LogP contribution in [0.3, 0.4) is 0 Å². The Morgan fingerprint density at radius 2 is 1.96 bits per heavy atom. The molecule has 8 heteroatoms. The number of rotatable bonds is 7. The van der Waals surface area contributed by atoms with E-state index in [1.165, 1.54) is 0 Å². The molecule has 0 unspecified atom stereocenters. The summed E-state index contributed by atoms with van der Waals surface area (Å²) in [4.78, 5) is 46.2. The molecule has 0 bridgehead atoms. The number of carbonyl (C=O) groups is 4. The fourth-order valence-electron chi connectivity index (χ4n) is 2.43. The first-order valence-corrected chi connectivity index (χ1v) is 7.59. The summed E-state index contributed by atoms with van der Waals surface area (Å²) in [5.74, 6) is -2.41. The summed E-state index contributed by atoms with van der Waals surface area (Å²) in [6, 6.07) is 7.47. The number of aliphatic carboxylic acids is 1. The van der Waals surface area contributed by atoms with Gasteiger partial charge in [-0.15, -0.1) is 0 Å². The van der Waals surface area contributed by atoms with Gasteiger partial charge in [-0.3, -0.25) is 19.2 Å². The lowest BCUT2D eigenvalue weighted by Gasteiger charge is -2.20. The highest BCUT2D eigenvalue weighted by Gasteiger charge is 2.30. The second-order valence-corrected chi connectivity index (χ2v) is 5.52. The molecule has 1 fully saturated rings. The topological polar surface area (TPSA) is 125 Å². The van der Waals surface area contributed by atoms with Crippen LogP contribution in [-0.4, -0.2) is 47.4 Å². The Labute approximate surface area is 138 Å².